The van der Waals surface area contributed by atoms with Gasteiger partial charge >= 0.3 is 5.97 Å². The van der Waals surface area contributed by atoms with Crippen LogP contribution in [0.2, 0.25) is 0 Å². The zero-order chi connectivity index (χ0) is 14.4. The number of aryl methyl sites for hydroxylation is 1. The van der Waals surface area contributed by atoms with Crippen LogP contribution in [0.25, 0.3) is 0 Å². The summed E-state index contributed by atoms with van der Waals surface area (Å²) in [5.41, 5.74) is 0.891. The van der Waals surface area contributed by atoms with Gasteiger partial charge in [-0.2, -0.15) is 0 Å². The maximum absolute atomic E-state index is 11.4. The number of nitrogens with zero attached hydrogens (tertiary/aromatic N) is 2. The third-order valence-corrected chi connectivity index (χ3v) is 2.79. The fourth-order valence-corrected chi connectivity index (χ4v) is 1.65. The van der Waals surface area contributed by atoms with Crippen LogP contribution in [0.1, 0.15) is 29.9 Å². The monoisotopic (exact) mass is 265 g/mol. The summed E-state index contributed by atoms with van der Waals surface area (Å²) in [6.07, 6.45) is 0.644. The number of rotatable bonds is 6. The van der Waals surface area contributed by atoms with Crippen LogP contribution in [0.5, 0.6) is 0 Å². The maximum Gasteiger partial charge on any atom is 0.335 e. The third kappa shape index (κ3) is 3.94. The number of pyridine rings is 1. The van der Waals surface area contributed by atoms with Crippen molar-refractivity contribution in [3.05, 3.63) is 23.4 Å². The Labute approximate surface area is 112 Å². The number of likely N-dealkylation sites (N-methyl/N-ethyl adjacent to an activating group) is 2. The van der Waals surface area contributed by atoms with E-state index < -0.39 is 5.97 Å². The van der Waals surface area contributed by atoms with E-state index >= 15 is 0 Å². The quantitative estimate of drug-likeness (QED) is 0.799. The van der Waals surface area contributed by atoms with E-state index in [1.807, 2.05) is 13.8 Å². The van der Waals surface area contributed by atoms with E-state index in [1.54, 1.807) is 18.0 Å². The van der Waals surface area contributed by atoms with Crippen LogP contribution < -0.4 is 10.2 Å². The lowest BCUT2D eigenvalue weighted by atomic mass is 10.2. The lowest BCUT2D eigenvalue weighted by molar-refractivity contribution is -0.119. The van der Waals surface area contributed by atoms with Gasteiger partial charge in [0.2, 0.25) is 5.91 Å². The number of anilines is 1. The van der Waals surface area contributed by atoms with Crippen LogP contribution in [0.15, 0.2) is 12.1 Å². The van der Waals surface area contributed by atoms with E-state index in [2.05, 4.69) is 10.3 Å². The van der Waals surface area contributed by atoms with Crippen LogP contribution >= 0.6 is 0 Å². The molecule has 0 fully saturated rings. The molecule has 6 heteroatoms. The first-order valence-electron chi connectivity index (χ1n) is 6.21. The molecule has 0 bridgehead atoms. The topological polar surface area (TPSA) is 82.5 Å². The summed E-state index contributed by atoms with van der Waals surface area (Å²) in [6, 6.07) is 3.05. The van der Waals surface area contributed by atoms with Crippen molar-refractivity contribution in [3.63, 3.8) is 0 Å². The minimum atomic E-state index is -0.991. The number of carbonyl (C=O) groups is 2. The molecule has 2 N–H and O–H groups in total. The molecule has 1 amide bonds. The summed E-state index contributed by atoms with van der Waals surface area (Å²) in [5.74, 6) is -0.611. The lowest BCUT2D eigenvalue weighted by Gasteiger charge is -2.21. The summed E-state index contributed by atoms with van der Waals surface area (Å²) < 4.78 is 0. The van der Waals surface area contributed by atoms with Gasteiger partial charge in [-0.1, -0.05) is 6.92 Å². The van der Waals surface area contributed by atoms with Crippen molar-refractivity contribution in [1.29, 1.82) is 0 Å². The number of aromatic carboxylic acids is 1. The van der Waals surface area contributed by atoms with Gasteiger partial charge in [0.15, 0.2) is 0 Å². The summed E-state index contributed by atoms with van der Waals surface area (Å²) in [5, 5.41) is 11.6. The molecule has 1 rings (SSSR count). The molecule has 0 unspecified atom stereocenters. The van der Waals surface area contributed by atoms with Crippen molar-refractivity contribution in [2.75, 3.05) is 25.0 Å². The zero-order valence-corrected chi connectivity index (χ0v) is 11.4. The summed E-state index contributed by atoms with van der Waals surface area (Å²) in [4.78, 5) is 28.6. The molecule has 1 heterocycles. The van der Waals surface area contributed by atoms with Crippen LogP contribution in [0, 0.1) is 0 Å². The second kappa shape index (κ2) is 6.72. The Morgan fingerprint density at radius 3 is 2.53 bits per heavy atom. The number of hydrogen-bond acceptors (Lipinski definition) is 4. The minimum absolute atomic E-state index is 0.137. The van der Waals surface area contributed by atoms with Gasteiger partial charge in [-0.15, -0.1) is 0 Å². The Balaban J connectivity index is 3.11. The van der Waals surface area contributed by atoms with Crippen LogP contribution in [0.4, 0.5) is 5.82 Å². The number of carbonyl (C=O) groups excluding carboxylic acids is 1. The van der Waals surface area contributed by atoms with Crippen molar-refractivity contribution < 1.29 is 14.7 Å². The van der Waals surface area contributed by atoms with Crippen molar-refractivity contribution in [3.8, 4) is 0 Å². The normalized spacial score (nSPS) is 10.1. The van der Waals surface area contributed by atoms with Gasteiger partial charge < -0.3 is 15.3 Å². The second-order valence-corrected chi connectivity index (χ2v) is 4.05. The number of aromatic nitrogens is 1. The molecule has 104 valence electrons. The number of nitrogens with one attached hydrogen (secondary N) is 1. The molecule has 19 heavy (non-hydrogen) atoms. The Morgan fingerprint density at radius 2 is 2.05 bits per heavy atom. The molecule has 0 aliphatic heterocycles. The van der Waals surface area contributed by atoms with Crippen LogP contribution in [-0.4, -0.2) is 42.1 Å². The largest absolute Gasteiger partial charge is 0.478 e. The van der Waals surface area contributed by atoms with E-state index in [0.29, 0.717) is 24.5 Å². The lowest BCUT2D eigenvalue weighted by Crippen LogP contribution is -2.36. The average molecular weight is 265 g/mol. The van der Waals surface area contributed by atoms with E-state index in [-0.39, 0.29) is 18.0 Å². The van der Waals surface area contributed by atoms with Crippen molar-refractivity contribution >= 4 is 17.7 Å². The molecule has 0 saturated heterocycles. The molecule has 0 spiro atoms. The van der Waals surface area contributed by atoms with Gasteiger partial charge in [0.05, 0.1) is 12.1 Å². The third-order valence-electron chi connectivity index (χ3n) is 2.79. The molecular weight excluding hydrogens is 246 g/mol. The fraction of sp³-hybridized carbons (Fsp3) is 0.462. The molecule has 0 aliphatic carbocycles. The van der Waals surface area contributed by atoms with Gasteiger partial charge in [-0.25, -0.2) is 9.78 Å². The first-order chi connectivity index (χ1) is 9.01. The molecule has 1 aromatic heterocycles. The predicted octanol–water partition coefficient (Wildman–Crippen LogP) is 0.914. The van der Waals surface area contributed by atoms with E-state index in [4.69, 9.17) is 5.11 Å². The number of amides is 1. The molecule has 0 aromatic carbocycles. The number of carboxylic acids is 1. The van der Waals surface area contributed by atoms with Gasteiger partial charge in [0.1, 0.15) is 5.82 Å². The fourth-order valence-electron chi connectivity index (χ4n) is 1.65. The van der Waals surface area contributed by atoms with Gasteiger partial charge in [-0.05, 0) is 25.5 Å². The Kier molecular flexibility index (Phi) is 5.29. The number of carboxylic acid groups (broad SMARTS) is 1. The maximum atomic E-state index is 11.4. The Morgan fingerprint density at radius 1 is 1.37 bits per heavy atom. The highest BCUT2D eigenvalue weighted by molar-refractivity contribution is 5.89. The van der Waals surface area contributed by atoms with Gasteiger partial charge in [-0.3, -0.25) is 4.79 Å². The van der Waals surface area contributed by atoms with Gasteiger partial charge in [0.25, 0.3) is 0 Å². The molecule has 1 aromatic rings. The first kappa shape index (κ1) is 14.9. The minimum Gasteiger partial charge on any atom is -0.478 e. The highest BCUT2D eigenvalue weighted by Gasteiger charge is 2.14. The summed E-state index contributed by atoms with van der Waals surface area (Å²) in [7, 11) is 1.56. The molecule has 0 radical (unpaired) electrons. The molecule has 0 atom stereocenters. The Hall–Kier alpha value is -2.11. The van der Waals surface area contributed by atoms with Crippen LogP contribution in [0.3, 0.4) is 0 Å². The van der Waals surface area contributed by atoms with Crippen molar-refractivity contribution in [2.24, 2.45) is 0 Å². The molecule has 0 saturated carbocycles. The highest BCUT2D eigenvalue weighted by Crippen LogP contribution is 2.15. The zero-order valence-electron chi connectivity index (χ0n) is 11.4. The number of hydrogen-bond donors (Lipinski definition) is 2. The molecule has 6 nitrogen and oxygen atoms in total. The van der Waals surface area contributed by atoms with Crippen LogP contribution in [-0.2, 0) is 11.2 Å². The Bertz CT molecular complexity index is 474. The van der Waals surface area contributed by atoms with E-state index in [9.17, 15) is 9.59 Å². The molecule has 0 aliphatic rings. The predicted molar refractivity (Wildman–Crippen MR) is 72.5 cm³/mol. The van der Waals surface area contributed by atoms with Crippen molar-refractivity contribution in [1.82, 2.24) is 10.3 Å². The standard InChI is InChI=1S/C13H19N3O3/c1-4-10-6-9(13(18)19)7-11(15-10)16(5-2)8-12(17)14-3/h6-7H,4-5,8H2,1-3H3,(H,14,17)(H,18,19). The van der Waals surface area contributed by atoms with Crippen molar-refractivity contribution in [2.45, 2.75) is 20.3 Å². The SMILES string of the molecule is CCc1cc(C(=O)O)cc(N(CC)CC(=O)NC)n1. The van der Waals surface area contributed by atoms with E-state index in [0.717, 1.165) is 0 Å². The van der Waals surface area contributed by atoms with E-state index in [1.165, 1.54) is 6.07 Å². The van der Waals surface area contributed by atoms with Gasteiger partial charge in [0, 0.05) is 19.3 Å². The molecular formula is C13H19N3O3. The second-order valence-electron chi connectivity index (χ2n) is 4.05. The summed E-state index contributed by atoms with van der Waals surface area (Å²) in [6.45, 7) is 4.54. The smallest absolute Gasteiger partial charge is 0.335 e. The first-order valence-corrected chi connectivity index (χ1v) is 6.21. The highest BCUT2D eigenvalue weighted by atomic mass is 16.4. The average Bonchev–Trinajstić information content (AvgIpc) is 2.43. The summed E-state index contributed by atoms with van der Waals surface area (Å²) >= 11 is 0.